The number of β-amino-alcohol motifs (C(OH)–C–C–N with tert-alkyl or cyclic N) is 1. The van der Waals surface area contributed by atoms with Crippen molar-refractivity contribution < 1.29 is 5.11 Å². The maximum absolute atomic E-state index is 10.3. The largest absolute Gasteiger partial charge is 0.387 e. The van der Waals surface area contributed by atoms with Gasteiger partial charge in [0.05, 0.1) is 11.6 Å². The van der Waals surface area contributed by atoms with Crippen LogP contribution in [0.3, 0.4) is 0 Å². The monoisotopic (exact) mass is 267 g/mol. The standard InChI is InChI=1S/C13H18ClN3O/c1-13(2,3)15-7-10(18)8-5-4-6-9-11(8)12(14)17-16-9/h4-6,10,15,18H,7H2,1-3H3,(H,16,17)/t10-/m0/s1. The fraction of sp³-hybridized carbons (Fsp3) is 0.462. The molecule has 3 N–H and O–H groups in total. The molecule has 1 aromatic carbocycles. The van der Waals surface area contributed by atoms with Gasteiger partial charge in [-0.1, -0.05) is 23.7 Å². The van der Waals surface area contributed by atoms with E-state index in [1.807, 2.05) is 18.2 Å². The first-order valence-corrected chi connectivity index (χ1v) is 6.32. The van der Waals surface area contributed by atoms with Crippen molar-refractivity contribution in [2.24, 2.45) is 0 Å². The molecule has 4 nitrogen and oxygen atoms in total. The van der Waals surface area contributed by atoms with E-state index in [0.717, 1.165) is 16.5 Å². The number of rotatable bonds is 3. The average Bonchev–Trinajstić information content (AvgIpc) is 2.67. The summed E-state index contributed by atoms with van der Waals surface area (Å²) in [5.74, 6) is 0. The van der Waals surface area contributed by atoms with Gasteiger partial charge >= 0.3 is 0 Å². The first kappa shape index (κ1) is 13.3. The fourth-order valence-corrected chi connectivity index (χ4v) is 2.09. The summed E-state index contributed by atoms with van der Waals surface area (Å²) in [6.07, 6.45) is -0.608. The lowest BCUT2D eigenvalue weighted by Crippen LogP contribution is -2.38. The summed E-state index contributed by atoms with van der Waals surface area (Å²) >= 11 is 6.06. The molecule has 2 rings (SSSR count). The van der Waals surface area contributed by atoms with Crippen LogP contribution in [0.2, 0.25) is 5.15 Å². The molecule has 2 aromatic rings. The van der Waals surface area contributed by atoms with E-state index in [1.165, 1.54) is 0 Å². The molecular weight excluding hydrogens is 250 g/mol. The highest BCUT2D eigenvalue weighted by Crippen LogP contribution is 2.28. The lowest BCUT2D eigenvalue weighted by Gasteiger charge is -2.23. The quantitative estimate of drug-likeness (QED) is 0.801. The summed E-state index contributed by atoms with van der Waals surface area (Å²) in [4.78, 5) is 0. The number of nitrogens with zero attached hydrogens (tertiary/aromatic N) is 1. The molecule has 0 aliphatic rings. The van der Waals surface area contributed by atoms with Crippen molar-refractivity contribution in [1.82, 2.24) is 15.5 Å². The normalized spacial score (nSPS) is 14.1. The number of benzene rings is 1. The lowest BCUT2D eigenvalue weighted by molar-refractivity contribution is 0.164. The molecule has 0 bridgehead atoms. The van der Waals surface area contributed by atoms with Crippen molar-refractivity contribution in [1.29, 1.82) is 0 Å². The second kappa shape index (κ2) is 4.88. The van der Waals surface area contributed by atoms with Gasteiger partial charge in [0, 0.05) is 17.5 Å². The van der Waals surface area contributed by atoms with Gasteiger partial charge < -0.3 is 10.4 Å². The number of fused-ring (bicyclic) bond motifs is 1. The molecular formula is C13H18ClN3O. The van der Waals surface area contributed by atoms with Crippen molar-refractivity contribution >= 4 is 22.5 Å². The Morgan fingerprint density at radius 3 is 2.83 bits per heavy atom. The molecule has 1 aromatic heterocycles. The van der Waals surface area contributed by atoms with E-state index in [-0.39, 0.29) is 5.54 Å². The predicted molar refractivity (Wildman–Crippen MR) is 73.8 cm³/mol. The molecule has 1 atom stereocenters. The molecule has 1 heterocycles. The molecule has 0 spiro atoms. The molecule has 0 saturated heterocycles. The smallest absolute Gasteiger partial charge is 0.132 e. The Labute approximate surface area is 111 Å². The zero-order valence-electron chi connectivity index (χ0n) is 10.8. The molecule has 0 radical (unpaired) electrons. The van der Waals surface area contributed by atoms with Gasteiger partial charge in [0.2, 0.25) is 0 Å². The molecule has 18 heavy (non-hydrogen) atoms. The second-order valence-corrected chi connectivity index (χ2v) is 5.80. The maximum Gasteiger partial charge on any atom is 0.132 e. The van der Waals surface area contributed by atoms with E-state index in [1.54, 1.807) is 0 Å². The van der Waals surface area contributed by atoms with Gasteiger partial charge in [0.1, 0.15) is 5.15 Å². The van der Waals surface area contributed by atoms with Crippen LogP contribution in [0.5, 0.6) is 0 Å². The Hall–Kier alpha value is -1.10. The maximum atomic E-state index is 10.3. The molecule has 0 aliphatic heterocycles. The molecule has 0 fully saturated rings. The van der Waals surface area contributed by atoms with E-state index in [9.17, 15) is 5.11 Å². The third kappa shape index (κ3) is 2.83. The zero-order chi connectivity index (χ0) is 13.3. The number of hydrogen-bond donors (Lipinski definition) is 3. The minimum atomic E-state index is -0.608. The van der Waals surface area contributed by atoms with Gasteiger partial charge in [-0.2, -0.15) is 5.10 Å². The van der Waals surface area contributed by atoms with Crippen LogP contribution in [-0.2, 0) is 0 Å². The van der Waals surface area contributed by atoms with E-state index in [2.05, 4.69) is 36.3 Å². The van der Waals surface area contributed by atoms with E-state index >= 15 is 0 Å². The van der Waals surface area contributed by atoms with Crippen molar-refractivity contribution in [3.05, 3.63) is 28.9 Å². The number of nitrogens with one attached hydrogen (secondary N) is 2. The summed E-state index contributed by atoms with van der Waals surface area (Å²) in [5, 5.41) is 21.6. The van der Waals surface area contributed by atoms with E-state index in [0.29, 0.717) is 11.7 Å². The van der Waals surface area contributed by atoms with Gasteiger partial charge in [-0.25, -0.2) is 0 Å². The molecule has 98 valence electrons. The van der Waals surface area contributed by atoms with Crippen LogP contribution in [0.4, 0.5) is 0 Å². The average molecular weight is 268 g/mol. The van der Waals surface area contributed by atoms with Crippen LogP contribution in [-0.4, -0.2) is 27.4 Å². The van der Waals surface area contributed by atoms with Crippen LogP contribution in [0, 0.1) is 0 Å². The van der Waals surface area contributed by atoms with Crippen LogP contribution < -0.4 is 5.32 Å². The highest BCUT2D eigenvalue weighted by Gasteiger charge is 2.17. The van der Waals surface area contributed by atoms with Crippen molar-refractivity contribution in [2.45, 2.75) is 32.4 Å². The number of H-pyrrole nitrogens is 1. The van der Waals surface area contributed by atoms with Crippen molar-refractivity contribution in [3.8, 4) is 0 Å². The third-order valence-electron chi connectivity index (χ3n) is 2.75. The van der Waals surface area contributed by atoms with Gasteiger partial charge in [0.15, 0.2) is 0 Å². The van der Waals surface area contributed by atoms with Crippen LogP contribution in [0.1, 0.15) is 32.4 Å². The Kier molecular flexibility index (Phi) is 3.61. The van der Waals surface area contributed by atoms with Gasteiger partial charge in [-0.3, -0.25) is 5.10 Å². The van der Waals surface area contributed by atoms with Crippen molar-refractivity contribution in [2.75, 3.05) is 6.54 Å². The number of hydrogen-bond acceptors (Lipinski definition) is 3. The summed E-state index contributed by atoms with van der Waals surface area (Å²) in [5.41, 5.74) is 1.53. The topological polar surface area (TPSA) is 60.9 Å². The first-order valence-electron chi connectivity index (χ1n) is 5.94. The number of aliphatic hydroxyl groups excluding tert-OH is 1. The highest BCUT2D eigenvalue weighted by atomic mass is 35.5. The molecule has 0 aliphatic carbocycles. The Balaban J connectivity index is 2.27. The third-order valence-corrected chi connectivity index (χ3v) is 3.03. The number of aromatic nitrogens is 2. The molecule has 0 saturated carbocycles. The van der Waals surface area contributed by atoms with Crippen LogP contribution >= 0.6 is 11.6 Å². The van der Waals surface area contributed by atoms with Gasteiger partial charge in [-0.15, -0.1) is 0 Å². The van der Waals surface area contributed by atoms with Gasteiger partial charge in [-0.05, 0) is 32.4 Å². The summed E-state index contributed by atoms with van der Waals surface area (Å²) in [7, 11) is 0. The Morgan fingerprint density at radius 2 is 2.17 bits per heavy atom. The summed E-state index contributed by atoms with van der Waals surface area (Å²) in [6, 6.07) is 5.61. The first-order chi connectivity index (χ1) is 8.38. The Morgan fingerprint density at radius 1 is 1.44 bits per heavy atom. The lowest BCUT2D eigenvalue weighted by atomic mass is 10.0. The Bertz CT molecular complexity index is 545. The minimum absolute atomic E-state index is 0.0327. The number of halogens is 1. The number of aromatic amines is 1. The van der Waals surface area contributed by atoms with Crippen LogP contribution in [0.25, 0.3) is 10.9 Å². The number of aliphatic hydroxyl groups is 1. The van der Waals surface area contributed by atoms with E-state index in [4.69, 9.17) is 11.6 Å². The molecule has 5 heteroatoms. The molecule has 0 unspecified atom stereocenters. The fourth-order valence-electron chi connectivity index (χ4n) is 1.85. The van der Waals surface area contributed by atoms with E-state index < -0.39 is 6.10 Å². The van der Waals surface area contributed by atoms with Crippen molar-refractivity contribution in [3.63, 3.8) is 0 Å². The second-order valence-electron chi connectivity index (χ2n) is 5.43. The van der Waals surface area contributed by atoms with Gasteiger partial charge in [0.25, 0.3) is 0 Å². The predicted octanol–water partition coefficient (Wildman–Crippen LogP) is 2.64. The van der Waals surface area contributed by atoms with Crippen LogP contribution in [0.15, 0.2) is 18.2 Å². The molecule has 0 amide bonds. The summed E-state index contributed by atoms with van der Waals surface area (Å²) < 4.78 is 0. The zero-order valence-corrected chi connectivity index (χ0v) is 11.5. The SMILES string of the molecule is CC(C)(C)NC[C@H](O)c1cccc2n[nH]c(Cl)c12. The minimum Gasteiger partial charge on any atom is -0.387 e. The highest BCUT2D eigenvalue weighted by molar-refractivity contribution is 6.34. The summed E-state index contributed by atoms with van der Waals surface area (Å²) in [6.45, 7) is 6.66.